The van der Waals surface area contributed by atoms with Gasteiger partial charge >= 0.3 is 12.0 Å². The zero-order valence-electron chi connectivity index (χ0n) is 20.6. The Bertz CT molecular complexity index is 874. The van der Waals surface area contributed by atoms with Crippen LogP contribution in [0.2, 0.25) is 0 Å². The molecule has 0 atom stereocenters. The van der Waals surface area contributed by atoms with E-state index in [0.29, 0.717) is 12.0 Å². The first-order valence-corrected chi connectivity index (χ1v) is 13.7. The number of carbonyl (C=O) groups is 2. The standard InChI is InChI=1S/C28H41N3O3/c32-27(33)13-8-21-6-10-25(11-7-21)30-18-19-31(28(30)34)26-12-9-22-14-16-29(17-15-23(22)20-26)24-4-2-1-3-5-24/h9,12,20-21,24-25H,1-8,10-11,13-19H2,(H,32,33). The zero-order valence-corrected chi connectivity index (χ0v) is 20.6. The van der Waals surface area contributed by atoms with Crippen molar-refractivity contribution in [2.75, 3.05) is 31.1 Å². The fourth-order valence-corrected chi connectivity index (χ4v) is 6.91. The first-order chi connectivity index (χ1) is 16.6. The van der Waals surface area contributed by atoms with E-state index in [1.165, 1.54) is 49.8 Å². The van der Waals surface area contributed by atoms with E-state index in [2.05, 4.69) is 28.0 Å². The Morgan fingerprint density at radius 1 is 0.853 bits per heavy atom. The third-order valence-corrected chi connectivity index (χ3v) is 8.99. The highest BCUT2D eigenvalue weighted by Crippen LogP contribution is 2.34. The lowest BCUT2D eigenvalue weighted by molar-refractivity contribution is -0.137. The first-order valence-electron chi connectivity index (χ1n) is 13.7. The summed E-state index contributed by atoms with van der Waals surface area (Å²) in [6.45, 7) is 3.88. The van der Waals surface area contributed by atoms with Crippen LogP contribution in [0.15, 0.2) is 18.2 Å². The fraction of sp³-hybridized carbons (Fsp3) is 0.714. The van der Waals surface area contributed by atoms with Crippen LogP contribution in [0, 0.1) is 5.92 Å². The Balaban J connectivity index is 1.18. The van der Waals surface area contributed by atoms with Crippen molar-refractivity contribution >= 4 is 17.7 Å². The largest absolute Gasteiger partial charge is 0.481 e. The summed E-state index contributed by atoms with van der Waals surface area (Å²) in [5, 5.41) is 8.94. The number of aliphatic carboxylic acids is 1. The Labute approximate surface area is 204 Å². The third-order valence-electron chi connectivity index (χ3n) is 8.99. The number of carbonyl (C=O) groups excluding carboxylic acids is 1. The van der Waals surface area contributed by atoms with Gasteiger partial charge in [-0.15, -0.1) is 0 Å². The van der Waals surface area contributed by atoms with E-state index >= 15 is 0 Å². The topological polar surface area (TPSA) is 64.1 Å². The summed E-state index contributed by atoms with van der Waals surface area (Å²) in [5.41, 5.74) is 3.96. The van der Waals surface area contributed by atoms with Crippen LogP contribution < -0.4 is 4.90 Å². The predicted octanol–water partition coefficient (Wildman–Crippen LogP) is 5.09. The predicted molar refractivity (Wildman–Crippen MR) is 134 cm³/mol. The lowest BCUT2D eigenvalue weighted by atomic mass is 9.83. The number of urea groups is 1. The molecule has 6 nitrogen and oxygen atoms in total. The van der Waals surface area contributed by atoms with Gasteiger partial charge in [-0.05, 0) is 87.0 Å². The van der Waals surface area contributed by atoms with Crippen molar-refractivity contribution in [2.45, 2.75) is 95.6 Å². The van der Waals surface area contributed by atoms with Gasteiger partial charge in [0.2, 0.25) is 0 Å². The molecule has 186 valence electrons. The van der Waals surface area contributed by atoms with Gasteiger partial charge in [0.15, 0.2) is 0 Å². The number of carboxylic acid groups (broad SMARTS) is 1. The van der Waals surface area contributed by atoms with Gasteiger partial charge in [-0.1, -0.05) is 25.3 Å². The minimum Gasteiger partial charge on any atom is -0.481 e. The SMILES string of the molecule is O=C(O)CCC1CCC(N2CCN(c3ccc4c(c3)CCN(C3CCCCC3)CC4)C2=O)CC1. The number of rotatable bonds is 6. The van der Waals surface area contributed by atoms with E-state index in [-0.39, 0.29) is 12.5 Å². The number of hydrogen-bond acceptors (Lipinski definition) is 3. The van der Waals surface area contributed by atoms with Gasteiger partial charge in [-0.3, -0.25) is 14.6 Å². The van der Waals surface area contributed by atoms with Gasteiger partial charge < -0.3 is 10.0 Å². The maximum atomic E-state index is 13.4. The molecular weight excluding hydrogens is 426 g/mol. The minimum absolute atomic E-state index is 0.159. The van der Waals surface area contributed by atoms with Crippen molar-refractivity contribution in [3.63, 3.8) is 0 Å². The number of amides is 2. The number of carboxylic acids is 1. The van der Waals surface area contributed by atoms with Crippen LogP contribution in [-0.4, -0.2) is 65.2 Å². The summed E-state index contributed by atoms with van der Waals surface area (Å²) in [7, 11) is 0. The van der Waals surface area contributed by atoms with Crippen molar-refractivity contribution < 1.29 is 14.7 Å². The molecule has 1 aromatic carbocycles. The average Bonchev–Trinajstić information content (AvgIpc) is 3.11. The van der Waals surface area contributed by atoms with Crippen LogP contribution in [0.25, 0.3) is 0 Å². The molecule has 2 aliphatic heterocycles. The van der Waals surface area contributed by atoms with Crippen LogP contribution in [0.5, 0.6) is 0 Å². The number of nitrogens with zero attached hydrogens (tertiary/aromatic N) is 3. The molecule has 1 N–H and O–H groups in total. The second-order valence-electron chi connectivity index (χ2n) is 11.0. The molecule has 2 amide bonds. The summed E-state index contributed by atoms with van der Waals surface area (Å²) < 4.78 is 0. The number of benzene rings is 1. The van der Waals surface area contributed by atoms with Crippen molar-refractivity contribution in [3.05, 3.63) is 29.3 Å². The Kier molecular flexibility index (Phi) is 7.43. The van der Waals surface area contributed by atoms with E-state index in [0.717, 1.165) is 76.3 Å². The molecule has 4 aliphatic rings. The molecule has 2 heterocycles. The van der Waals surface area contributed by atoms with Gasteiger partial charge in [-0.25, -0.2) is 4.79 Å². The van der Waals surface area contributed by atoms with Crippen LogP contribution in [-0.2, 0) is 17.6 Å². The highest BCUT2D eigenvalue weighted by molar-refractivity contribution is 5.94. The first kappa shape index (κ1) is 23.7. The van der Waals surface area contributed by atoms with Crippen molar-refractivity contribution in [1.29, 1.82) is 0 Å². The van der Waals surface area contributed by atoms with E-state index in [1.54, 1.807) is 0 Å². The maximum absolute atomic E-state index is 13.4. The van der Waals surface area contributed by atoms with Gasteiger partial charge in [0.1, 0.15) is 0 Å². The van der Waals surface area contributed by atoms with E-state index in [9.17, 15) is 9.59 Å². The normalized spacial score (nSPS) is 27.0. The van der Waals surface area contributed by atoms with Gasteiger partial charge in [0.25, 0.3) is 0 Å². The number of hydrogen-bond donors (Lipinski definition) is 1. The maximum Gasteiger partial charge on any atom is 0.324 e. The highest BCUT2D eigenvalue weighted by Gasteiger charge is 2.36. The molecular formula is C28H41N3O3. The monoisotopic (exact) mass is 467 g/mol. The molecule has 34 heavy (non-hydrogen) atoms. The molecule has 1 aromatic rings. The van der Waals surface area contributed by atoms with Crippen LogP contribution >= 0.6 is 0 Å². The molecule has 6 heteroatoms. The van der Waals surface area contributed by atoms with Crippen LogP contribution in [0.4, 0.5) is 10.5 Å². The molecule has 3 fully saturated rings. The van der Waals surface area contributed by atoms with Gasteiger partial charge in [0.05, 0.1) is 0 Å². The summed E-state index contributed by atoms with van der Waals surface area (Å²) in [4.78, 5) is 31.0. The molecule has 0 bridgehead atoms. The summed E-state index contributed by atoms with van der Waals surface area (Å²) in [5.74, 6) is -0.200. The zero-order chi connectivity index (χ0) is 23.5. The number of fused-ring (bicyclic) bond motifs is 1. The second-order valence-corrected chi connectivity index (χ2v) is 11.0. The van der Waals surface area contributed by atoms with E-state index < -0.39 is 5.97 Å². The molecule has 0 aromatic heterocycles. The lowest BCUT2D eigenvalue weighted by Crippen LogP contribution is -2.41. The third kappa shape index (κ3) is 5.27. The summed E-state index contributed by atoms with van der Waals surface area (Å²) in [6, 6.07) is 7.98. The smallest absolute Gasteiger partial charge is 0.324 e. The second kappa shape index (κ2) is 10.7. The Hall–Kier alpha value is -2.08. The lowest BCUT2D eigenvalue weighted by Gasteiger charge is -2.34. The molecule has 0 spiro atoms. The molecule has 0 unspecified atom stereocenters. The molecule has 1 saturated heterocycles. The molecule has 5 rings (SSSR count). The van der Waals surface area contributed by atoms with Gasteiger partial charge in [-0.2, -0.15) is 0 Å². The van der Waals surface area contributed by atoms with Crippen molar-refractivity contribution in [1.82, 2.24) is 9.80 Å². The highest BCUT2D eigenvalue weighted by atomic mass is 16.4. The van der Waals surface area contributed by atoms with E-state index in [4.69, 9.17) is 5.11 Å². The van der Waals surface area contributed by atoms with E-state index in [1.807, 2.05) is 4.90 Å². The molecule has 2 saturated carbocycles. The average molecular weight is 468 g/mol. The number of anilines is 1. The fourth-order valence-electron chi connectivity index (χ4n) is 6.91. The molecule has 0 radical (unpaired) electrons. The van der Waals surface area contributed by atoms with Crippen molar-refractivity contribution in [2.24, 2.45) is 5.92 Å². The van der Waals surface area contributed by atoms with Crippen molar-refractivity contribution in [3.8, 4) is 0 Å². The quantitative estimate of drug-likeness (QED) is 0.633. The van der Waals surface area contributed by atoms with Crippen LogP contribution in [0.3, 0.4) is 0 Å². The summed E-state index contributed by atoms with van der Waals surface area (Å²) >= 11 is 0. The Morgan fingerprint density at radius 3 is 2.32 bits per heavy atom. The summed E-state index contributed by atoms with van der Waals surface area (Å²) in [6.07, 6.45) is 14.2. The molecule has 2 aliphatic carbocycles. The Morgan fingerprint density at radius 2 is 1.59 bits per heavy atom. The van der Waals surface area contributed by atoms with Gasteiger partial charge in [0, 0.05) is 50.4 Å². The van der Waals surface area contributed by atoms with Crippen LogP contribution in [0.1, 0.15) is 81.8 Å². The minimum atomic E-state index is -0.699.